The fourth-order valence-electron chi connectivity index (χ4n) is 1.66. The first-order chi connectivity index (χ1) is 8.96. The maximum absolute atomic E-state index is 12.2. The lowest BCUT2D eigenvalue weighted by atomic mass is 10.3. The molecule has 0 fully saturated rings. The lowest BCUT2D eigenvalue weighted by Crippen LogP contribution is -2.41. The molecule has 0 aromatic rings. The van der Waals surface area contributed by atoms with Gasteiger partial charge in [-0.2, -0.15) is 17.0 Å². The zero-order valence-electron chi connectivity index (χ0n) is 12.6. The van der Waals surface area contributed by atoms with E-state index in [0.29, 0.717) is 13.1 Å². The van der Waals surface area contributed by atoms with E-state index in [1.165, 1.54) is 8.61 Å². The summed E-state index contributed by atoms with van der Waals surface area (Å²) < 4.78 is 27.1. The van der Waals surface area contributed by atoms with Crippen molar-refractivity contribution in [3.63, 3.8) is 0 Å². The second kappa shape index (κ2) is 10.4. The molecule has 0 saturated carbocycles. The molecule has 0 aromatic heterocycles. The molecule has 0 aromatic carbocycles. The zero-order chi connectivity index (χ0) is 14.7. The van der Waals surface area contributed by atoms with Crippen LogP contribution in [0.3, 0.4) is 0 Å². The van der Waals surface area contributed by atoms with Gasteiger partial charge in [0.25, 0.3) is 10.2 Å². The highest BCUT2D eigenvalue weighted by Gasteiger charge is 2.22. The van der Waals surface area contributed by atoms with E-state index in [-0.39, 0.29) is 0 Å². The summed E-state index contributed by atoms with van der Waals surface area (Å²) in [6, 6.07) is 0. The average Bonchev–Trinajstić information content (AvgIpc) is 2.38. The molecule has 0 aliphatic heterocycles. The van der Waals surface area contributed by atoms with Crippen LogP contribution >= 0.6 is 0 Å². The molecule has 0 spiro atoms. The normalized spacial score (nSPS) is 12.3. The van der Waals surface area contributed by atoms with E-state index < -0.39 is 10.2 Å². The number of hydrogen-bond acceptors (Lipinski definition) is 3. The van der Waals surface area contributed by atoms with Gasteiger partial charge < -0.3 is 5.32 Å². The van der Waals surface area contributed by atoms with Gasteiger partial charge in [0.1, 0.15) is 0 Å². The van der Waals surface area contributed by atoms with Crippen LogP contribution in [0.2, 0.25) is 0 Å². The minimum absolute atomic E-state index is 0.535. The van der Waals surface area contributed by atoms with Crippen molar-refractivity contribution >= 4 is 10.2 Å². The Morgan fingerprint density at radius 2 is 1.68 bits per heavy atom. The fourth-order valence-corrected chi connectivity index (χ4v) is 2.85. The summed E-state index contributed by atoms with van der Waals surface area (Å²) in [7, 11) is -0.0403. The number of unbranched alkanes of at least 4 members (excludes halogenated alkanes) is 1. The average molecular weight is 291 g/mol. The monoisotopic (exact) mass is 291 g/mol. The number of hydrogen-bond donors (Lipinski definition) is 1. The van der Waals surface area contributed by atoms with E-state index in [1.807, 2.05) is 6.08 Å². The lowest BCUT2D eigenvalue weighted by molar-refractivity contribution is 0.384. The molecule has 114 valence electrons. The summed E-state index contributed by atoms with van der Waals surface area (Å²) >= 11 is 0. The van der Waals surface area contributed by atoms with E-state index in [9.17, 15) is 8.42 Å². The van der Waals surface area contributed by atoms with Gasteiger partial charge in [-0.3, -0.25) is 0 Å². The van der Waals surface area contributed by atoms with Crippen LogP contribution in [0.25, 0.3) is 0 Å². The fraction of sp³-hybridized carbons (Fsp3) is 0.846. The second-order valence-electron chi connectivity index (χ2n) is 4.69. The molecular weight excluding hydrogens is 262 g/mol. The number of nitrogens with one attached hydrogen (secondary N) is 1. The standard InChI is InChI=1S/C13H29N3O2S/c1-5-7-8-12-15(3)19(17,18)16(4)13-9-11-14-10-6-2/h5,14H,1,6-13H2,2-4H3. The first-order valence-corrected chi connectivity index (χ1v) is 8.35. The molecule has 0 aliphatic rings. The van der Waals surface area contributed by atoms with E-state index in [4.69, 9.17) is 0 Å². The van der Waals surface area contributed by atoms with Gasteiger partial charge in [-0.05, 0) is 38.8 Å². The van der Waals surface area contributed by atoms with E-state index in [0.717, 1.165) is 38.8 Å². The quantitative estimate of drug-likeness (QED) is 0.437. The van der Waals surface area contributed by atoms with E-state index in [1.54, 1.807) is 14.1 Å². The summed E-state index contributed by atoms with van der Waals surface area (Å²) in [5.41, 5.74) is 0. The molecule has 0 bridgehead atoms. The van der Waals surface area contributed by atoms with Crippen molar-refractivity contribution < 1.29 is 8.42 Å². The van der Waals surface area contributed by atoms with Crippen LogP contribution in [-0.2, 0) is 10.2 Å². The van der Waals surface area contributed by atoms with Crippen LogP contribution in [0.1, 0.15) is 32.6 Å². The Labute approximate surface area is 118 Å². The predicted octanol–water partition coefficient (Wildman–Crippen LogP) is 1.45. The maximum atomic E-state index is 12.2. The van der Waals surface area contributed by atoms with Crippen LogP contribution in [0.5, 0.6) is 0 Å². The van der Waals surface area contributed by atoms with Crippen molar-refractivity contribution in [3.05, 3.63) is 12.7 Å². The summed E-state index contributed by atoms with van der Waals surface area (Å²) in [5, 5.41) is 3.27. The zero-order valence-corrected chi connectivity index (χ0v) is 13.4. The van der Waals surface area contributed by atoms with Crippen LogP contribution in [0.4, 0.5) is 0 Å². The Morgan fingerprint density at radius 1 is 1.11 bits per heavy atom. The van der Waals surface area contributed by atoms with Gasteiger partial charge in [0, 0.05) is 27.2 Å². The molecular formula is C13H29N3O2S. The van der Waals surface area contributed by atoms with Crippen LogP contribution in [0.15, 0.2) is 12.7 Å². The van der Waals surface area contributed by atoms with Gasteiger partial charge in [0.2, 0.25) is 0 Å². The number of rotatable bonds is 12. The van der Waals surface area contributed by atoms with E-state index >= 15 is 0 Å². The van der Waals surface area contributed by atoms with Gasteiger partial charge in [0.15, 0.2) is 0 Å². The highest BCUT2D eigenvalue weighted by molar-refractivity contribution is 7.86. The third-order valence-electron chi connectivity index (χ3n) is 2.92. The molecule has 0 amide bonds. The van der Waals surface area contributed by atoms with Gasteiger partial charge in [-0.1, -0.05) is 13.0 Å². The largest absolute Gasteiger partial charge is 0.317 e. The third-order valence-corrected chi connectivity index (χ3v) is 4.86. The topological polar surface area (TPSA) is 52.7 Å². The Bertz CT molecular complexity index is 331. The molecule has 0 atom stereocenters. The Morgan fingerprint density at radius 3 is 2.21 bits per heavy atom. The molecule has 6 heteroatoms. The molecule has 0 saturated heterocycles. The summed E-state index contributed by atoms with van der Waals surface area (Å²) in [6.45, 7) is 8.67. The van der Waals surface area contributed by atoms with Crippen LogP contribution in [-0.4, -0.2) is 57.3 Å². The minimum Gasteiger partial charge on any atom is -0.317 e. The molecule has 19 heavy (non-hydrogen) atoms. The minimum atomic E-state index is -3.31. The Balaban J connectivity index is 4.04. The molecule has 0 unspecified atom stereocenters. The van der Waals surface area contributed by atoms with Gasteiger partial charge in [0.05, 0.1) is 0 Å². The van der Waals surface area contributed by atoms with Gasteiger partial charge in [-0.25, -0.2) is 0 Å². The highest BCUT2D eigenvalue weighted by atomic mass is 32.2. The molecule has 0 heterocycles. The first-order valence-electron chi connectivity index (χ1n) is 6.96. The highest BCUT2D eigenvalue weighted by Crippen LogP contribution is 2.06. The third kappa shape index (κ3) is 7.67. The van der Waals surface area contributed by atoms with Crippen molar-refractivity contribution in [2.75, 3.05) is 40.3 Å². The summed E-state index contributed by atoms with van der Waals surface area (Å²) in [5.74, 6) is 0. The van der Waals surface area contributed by atoms with Gasteiger partial charge in [-0.15, -0.1) is 6.58 Å². The van der Waals surface area contributed by atoms with Crippen LogP contribution < -0.4 is 5.32 Å². The summed E-state index contributed by atoms with van der Waals surface area (Å²) in [4.78, 5) is 0. The summed E-state index contributed by atoms with van der Waals surface area (Å²) in [6.07, 6.45) is 5.38. The van der Waals surface area contributed by atoms with Crippen LogP contribution in [0, 0.1) is 0 Å². The number of nitrogens with zero attached hydrogens (tertiary/aromatic N) is 2. The molecule has 0 radical (unpaired) electrons. The molecule has 0 rings (SSSR count). The Hall–Kier alpha value is -0.430. The van der Waals surface area contributed by atoms with E-state index in [2.05, 4.69) is 18.8 Å². The van der Waals surface area contributed by atoms with Crippen molar-refractivity contribution in [1.29, 1.82) is 0 Å². The van der Waals surface area contributed by atoms with Crippen molar-refractivity contribution in [1.82, 2.24) is 13.9 Å². The maximum Gasteiger partial charge on any atom is 0.281 e. The second-order valence-corrected chi connectivity index (χ2v) is 6.83. The molecule has 1 N–H and O–H groups in total. The predicted molar refractivity (Wildman–Crippen MR) is 81.4 cm³/mol. The van der Waals surface area contributed by atoms with Crippen molar-refractivity contribution in [2.24, 2.45) is 0 Å². The van der Waals surface area contributed by atoms with Gasteiger partial charge >= 0.3 is 0 Å². The van der Waals surface area contributed by atoms with Crippen molar-refractivity contribution in [3.8, 4) is 0 Å². The lowest BCUT2D eigenvalue weighted by Gasteiger charge is -2.24. The number of allylic oxidation sites excluding steroid dienone is 1. The SMILES string of the molecule is C=CCCCN(C)S(=O)(=O)N(C)CCCNCCC. The molecule has 5 nitrogen and oxygen atoms in total. The first kappa shape index (κ1) is 18.6. The molecule has 0 aliphatic carbocycles. The Kier molecular flexibility index (Phi) is 10.1. The van der Waals surface area contributed by atoms with Crippen molar-refractivity contribution in [2.45, 2.75) is 32.6 Å². The smallest absolute Gasteiger partial charge is 0.281 e.